The summed E-state index contributed by atoms with van der Waals surface area (Å²) in [7, 11) is -4.26. The number of benzene rings is 3. The highest BCUT2D eigenvalue weighted by atomic mass is 35.5. The second-order valence-electron chi connectivity index (χ2n) is 7.46. The molecule has 3 aromatic rings. The van der Waals surface area contributed by atoms with E-state index in [1.165, 1.54) is 54.6 Å². The number of nitrogens with zero attached hydrogens (tertiary/aromatic N) is 3. The van der Waals surface area contributed by atoms with E-state index in [9.17, 15) is 23.1 Å². The van der Waals surface area contributed by atoms with E-state index >= 15 is 0 Å². The molecule has 0 saturated heterocycles. The Hall–Kier alpha value is -3.58. The molecule has 0 saturated carbocycles. The van der Waals surface area contributed by atoms with Crippen LogP contribution in [0.3, 0.4) is 0 Å². The van der Waals surface area contributed by atoms with Gasteiger partial charge in [-0.3, -0.25) is 18.8 Å². The molecule has 8 nitrogen and oxygen atoms in total. The predicted octanol–water partition coefficient (Wildman–Crippen LogP) is 4.49. The van der Waals surface area contributed by atoms with Crippen molar-refractivity contribution in [3.05, 3.63) is 87.9 Å². The molecule has 3 rings (SSSR count). The maximum atomic E-state index is 13.6. The zero-order valence-electron chi connectivity index (χ0n) is 18.4. The molecular weight excluding hydrogens is 513 g/mol. The largest absolute Gasteiger partial charge is 0.480 e. The summed E-state index contributed by atoms with van der Waals surface area (Å²) in [6, 6.07) is 17.8. The van der Waals surface area contributed by atoms with E-state index < -0.39 is 35.0 Å². The zero-order valence-corrected chi connectivity index (χ0v) is 20.7. The summed E-state index contributed by atoms with van der Waals surface area (Å²) in [5, 5.41) is 18.6. The molecule has 0 heterocycles. The lowest BCUT2D eigenvalue weighted by atomic mass is 10.2. The third kappa shape index (κ3) is 6.11. The van der Waals surface area contributed by atoms with Gasteiger partial charge >= 0.3 is 5.97 Å². The Morgan fingerprint density at radius 1 is 0.914 bits per heavy atom. The molecule has 3 aromatic carbocycles. The fourth-order valence-corrected chi connectivity index (χ4v) is 4.87. The number of carboxylic acid groups (broad SMARTS) is 1. The Kier molecular flexibility index (Phi) is 8.02. The Morgan fingerprint density at radius 3 is 2.06 bits per heavy atom. The van der Waals surface area contributed by atoms with Crippen LogP contribution in [-0.4, -0.2) is 38.5 Å². The summed E-state index contributed by atoms with van der Waals surface area (Å²) in [6.45, 7) is 0.365. The predicted molar refractivity (Wildman–Crippen MR) is 133 cm³/mol. The maximum absolute atomic E-state index is 13.6. The molecule has 0 fully saturated rings. The minimum absolute atomic E-state index is 0.0647. The van der Waals surface area contributed by atoms with Gasteiger partial charge in [0.15, 0.2) is 0 Å². The molecule has 180 valence electrons. The van der Waals surface area contributed by atoms with Crippen LogP contribution in [-0.2, 0) is 19.6 Å². The number of sulfonamides is 1. The van der Waals surface area contributed by atoms with Crippen molar-refractivity contribution in [1.82, 2.24) is 0 Å². The smallest absolute Gasteiger partial charge is 0.323 e. The molecule has 1 amide bonds. The summed E-state index contributed by atoms with van der Waals surface area (Å²) in [6.07, 6.45) is 0. The first-order valence-corrected chi connectivity index (χ1v) is 12.3. The standard InChI is InChI=1S/C24H19Cl2N3O5S/c1-16-2-9-20(10-3-16)35(33,34)29(19-8-11-21(25)22(26)12-19)14-23(30)28(15-24(31)32)18-6-4-17(13-27)5-7-18/h2-12H,14-15H2,1H3,(H,31,32). The number of carboxylic acids is 1. The molecule has 11 heteroatoms. The SMILES string of the molecule is Cc1ccc(S(=O)(=O)N(CC(=O)N(CC(=O)O)c2ccc(C#N)cc2)c2ccc(Cl)c(Cl)c2)cc1. The van der Waals surface area contributed by atoms with Crippen LogP contribution in [0.2, 0.25) is 10.0 Å². The highest BCUT2D eigenvalue weighted by Crippen LogP contribution is 2.31. The lowest BCUT2D eigenvalue weighted by molar-refractivity contribution is -0.136. The van der Waals surface area contributed by atoms with Crippen LogP contribution in [0.5, 0.6) is 0 Å². The molecule has 1 N–H and O–H groups in total. The van der Waals surface area contributed by atoms with Gasteiger partial charge in [-0.1, -0.05) is 40.9 Å². The van der Waals surface area contributed by atoms with Gasteiger partial charge in [-0.2, -0.15) is 5.26 Å². The maximum Gasteiger partial charge on any atom is 0.323 e. The van der Waals surface area contributed by atoms with E-state index in [1.54, 1.807) is 19.1 Å². The molecular formula is C24H19Cl2N3O5S. The van der Waals surface area contributed by atoms with Gasteiger partial charge in [0.1, 0.15) is 13.1 Å². The van der Waals surface area contributed by atoms with Crippen molar-refractivity contribution >= 4 is 56.5 Å². The Bertz CT molecular complexity index is 1400. The monoisotopic (exact) mass is 531 g/mol. The van der Waals surface area contributed by atoms with Gasteiger partial charge in [-0.25, -0.2) is 8.42 Å². The first kappa shape index (κ1) is 26.0. The summed E-state index contributed by atoms with van der Waals surface area (Å²) in [5.41, 5.74) is 1.42. The number of carbonyl (C=O) groups is 2. The van der Waals surface area contributed by atoms with E-state index in [2.05, 4.69) is 0 Å². The van der Waals surface area contributed by atoms with Crippen molar-refractivity contribution in [2.24, 2.45) is 0 Å². The van der Waals surface area contributed by atoms with Crippen LogP contribution >= 0.6 is 23.2 Å². The second-order valence-corrected chi connectivity index (χ2v) is 10.1. The molecule has 0 aromatic heterocycles. The highest BCUT2D eigenvalue weighted by Gasteiger charge is 2.30. The number of nitriles is 1. The van der Waals surface area contributed by atoms with Crippen LogP contribution in [0.15, 0.2) is 71.6 Å². The number of anilines is 2. The molecule has 0 aliphatic heterocycles. The zero-order chi connectivity index (χ0) is 25.8. The van der Waals surface area contributed by atoms with Crippen LogP contribution in [0.1, 0.15) is 11.1 Å². The summed E-state index contributed by atoms with van der Waals surface area (Å²) in [4.78, 5) is 25.7. The first-order chi connectivity index (χ1) is 16.5. The van der Waals surface area contributed by atoms with E-state index in [0.29, 0.717) is 5.56 Å². The van der Waals surface area contributed by atoms with Crippen molar-refractivity contribution in [3.8, 4) is 6.07 Å². The minimum Gasteiger partial charge on any atom is -0.480 e. The average molecular weight is 532 g/mol. The van der Waals surface area contributed by atoms with Crippen LogP contribution in [0.4, 0.5) is 11.4 Å². The van der Waals surface area contributed by atoms with Crippen LogP contribution in [0.25, 0.3) is 0 Å². The van der Waals surface area contributed by atoms with Gasteiger partial charge in [-0.15, -0.1) is 0 Å². The van der Waals surface area contributed by atoms with Crippen LogP contribution in [0, 0.1) is 18.3 Å². The molecule has 0 atom stereocenters. The van der Waals surface area contributed by atoms with E-state index in [1.807, 2.05) is 6.07 Å². The fourth-order valence-electron chi connectivity index (χ4n) is 3.18. The molecule has 0 bridgehead atoms. The first-order valence-electron chi connectivity index (χ1n) is 10.1. The van der Waals surface area contributed by atoms with Gasteiger partial charge in [0.2, 0.25) is 5.91 Å². The molecule has 0 radical (unpaired) electrons. The molecule has 0 unspecified atom stereocenters. The lowest BCUT2D eigenvalue weighted by Crippen LogP contribution is -2.45. The quantitative estimate of drug-likeness (QED) is 0.457. The summed E-state index contributed by atoms with van der Waals surface area (Å²) < 4.78 is 28.0. The Labute approximate surface area is 212 Å². The normalized spacial score (nSPS) is 10.9. The number of rotatable bonds is 8. The van der Waals surface area contributed by atoms with Crippen molar-refractivity contribution in [2.45, 2.75) is 11.8 Å². The Balaban J connectivity index is 2.07. The molecule has 0 aliphatic rings. The van der Waals surface area contributed by atoms with E-state index in [0.717, 1.165) is 14.8 Å². The average Bonchev–Trinajstić information content (AvgIpc) is 2.83. The summed E-state index contributed by atoms with van der Waals surface area (Å²) >= 11 is 12.1. The van der Waals surface area contributed by atoms with Gasteiger partial charge in [0.05, 0.1) is 32.3 Å². The number of amides is 1. The third-order valence-corrected chi connectivity index (χ3v) is 7.51. The molecule has 0 aliphatic carbocycles. The van der Waals surface area contributed by atoms with Gasteiger partial charge < -0.3 is 5.11 Å². The number of aliphatic carboxylic acids is 1. The number of aryl methyl sites for hydroxylation is 1. The van der Waals surface area contributed by atoms with Gasteiger partial charge in [-0.05, 0) is 61.5 Å². The topological polar surface area (TPSA) is 119 Å². The van der Waals surface area contributed by atoms with Crippen LogP contribution < -0.4 is 9.21 Å². The van der Waals surface area contributed by atoms with Crippen molar-refractivity contribution in [1.29, 1.82) is 5.26 Å². The minimum atomic E-state index is -4.26. The third-order valence-electron chi connectivity index (χ3n) is 4.98. The lowest BCUT2D eigenvalue weighted by Gasteiger charge is -2.28. The van der Waals surface area contributed by atoms with E-state index in [-0.39, 0.29) is 26.3 Å². The molecule has 0 spiro atoms. The van der Waals surface area contributed by atoms with Crippen molar-refractivity contribution < 1.29 is 23.1 Å². The molecule has 35 heavy (non-hydrogen) atoms. The van der Waals surface area contributed by atoms with Crippen molar-refractivity contribution in [3.63, 3.8) is 0 Å². The highest BCUT2D eigenvalue weighted by molar-refractivity contribution is 7.92. The number of hydrogen-bond donors (Lipinski definition) is 1. The van der Waals surface area contributed by atoms with Gasteiger partial charge in [0, 0.05) is 5.69 Å². The Morgan fingerprint density at radius 2 is 1.51 bits per heavy atom. The van der Waals surface area contributed by atoms with E-state index in [4.69, 9.17) is 28.5 Å². The number of carbonyl (C=O) groups excluding carboxylic acids is 1. The second kappa shape index (κ2) is 10.8. The number of hydrogen-bond acceptors (Lipinski definition) is 5. The van der Waals surface area contributed by atoms with Crippen molar-refractivity contribution in [2.75, 3.05) is 22.3 Å². The fraction of sp³-hybridized carbons (Fsp3) is 0.125. The van der Waals surface area contributed by atoms with Gasteiger partial charge in [0.25, 0.3) is 10.0 Å². The number of halogens is 2. The summed E-state index contributed by atoms with van der Waals surface area (Å²) in [5.74, 6) is -2.11.